The van der Waals surface area contributed by atoms with Crippen molar-refractivity contribution in [2.24, 2.45) is 0 Å². The predicted molar refractivity (Wildman–Crippen MR) is 109 cm³/mol. The monoisotopic (exact) mass is 411 g/mol. The lowest BCUT2D eigenvalue weighted by Crippen LogP contribution is -2.48. The quantitative estimate of drug-likeness (QED) is 0.639. The number of amides is 2. The minimum Gasteiger partial charge on any atom is -0.493 e. The molecule has 2 heterocycles. The first kappa shape index (κ1) is 22.3. The molecule has 0 radical (unpaired) electrons. The average Bonchev–Trinajstić information content (AvgIpc) is 2.97. The van der Waals surface area contributed by atoms with Crippen molar-refractivity contribution < 1.29 is 19.1 Å². The molecule has 3 N–H and O–H groups in total. The minimum atomic E-state index is -0.200. The second-order valence-corrected chi connectivity index (χ2v) is 7.66. The second kappa shape index (κ2) is 9.98. The highest BCUT2D eigenvalue weighted by atomic mass is 35.5. The summed E-state index contributed by atoms with van der Waals surface area (Å²) in [6.07, 6.45) is 4.35. The molecule has 2 aliphatic rings. The Bertz CT molecular complexity index is 686. The first-order valence-electron chi connectivity index (χ1n) is 9.61. The molecule has 7 nitrogen and oxygen atoms in total. The number of ether oxygens (including phenoxy) is 2. The van der Waals surface area contributed by atoms with Gasteiger partial charge in [-0.25, -0.2) is 0 Å². The summed E-state index contributed by atoms with van der Waals surface area (Å²) in [7, 11) is 1.52. The van der Waals surface area contributed by atoms with Crippen LogP contribution in [-0.4, -0.2) is 49.7 Å². The number of piperidine rings is 1. The van der Waals surface area contributed by atoms with Gasteiger partial charge in [0.1, 0.15) is 0 Å². The van der Waals surface area contributed by atoms with Gasteiger partial charge in [-0.3, -0.25) is 9.59 Å². The van der Waals surface area contributed by atoms with Crippen LogP contribution >= 0.6 is 12.4 Å². The van der Waals surface area contributed by atoms with Crippen molar-refractivity contribution in [1.29, 1.82) is 0 Å². The molecule has 0 spiro atoms. The van der Waals surface area contributed by atoms with Gasteiger partial charge in [0.05, 0.1) is 7.11 Å². The molecule has 2 atom stereocenters. The maximum Gasteiger partial charge on any atom is 0.258 e. The molecular formula is C20H30ClN3O4. The third-order valence-corrected chi connectivity index (χ3v) is 5.04. The molecule has 0 saturated carbocycles. The lowest BCUT2D eigenvalue weighted by atomic mass is 9.99. The van der Waals surface area contributed by atoms with Gasteiger partial charge in [-0.2, -0.15) is 0 Å². The normalized spacial score (nSPS) is 22.9. The smallest absolute Gasteiger partial charge is 0.258 e. The number of fused-ring (bicyclic) bond motifs is 2. The van der Waals surface area contributed by atoms with E-state index < -0.39 is 0 Å². The fourth-order valence-corrected chi connectivity index (χ4v) is 3.88. The standard InChI is InChI=1S/C20H29N3O4.ClH/c1-12(2)21-19(24)11-27-17-7-4-13(8-18(17)26-3)20(25)23-16-9-14-5-6-15(10-16)22-14;/h4,7-8,12,14-16,22H,5-6,9-11H2,1-3H3,(H,21,24)(H,23,25);1H. The van der Waals surface area contributed by atoms with E-state index in [0.717, 1.165) is 12.8 Å². The van der Waals surface area contributed by atoms with E-state index in [1.165, 1.54) is 20.0 Å². The summed E-state index contributed by atoms with van der Waals surface area (Å²) in [6, 6.07) is 6.33. The molecule has 1 aromatic carbocycles. The summed E-state index contributed by atoms with van der Waals surface area (Å²) in [5, 5.41) is 9.48. The van der Waals surface area contributed by atoms with Crippen molar-refractivity contribution in [3.05, 3.63) is 23.8 Å². The van der Waals surface area contributed by atoms with Crippen molar-refractivity contribution in [3.8, 4) is 11.5 Å². The summed E-state index contributed by atoms with van der Waals surface area (Å²) in [5.74, 6) is 0.566. The molecule has 28 heavy (non-hydrogen) atoms. The summed E-state index contributed by atoms with van der Waals surface area (Å²) < 4.78 is 10.9. The summed E-state index contributed by atoms with van der Waals surface area (Å²) in [4.78, 5) is 24.4. The summed E-state index contributed by atoms with van der Waals surface area (Å²) in [5.41, 5.74) is 0.525. The molecule has 0 aromatic heterocycles. The number of carbonyl (C=O) groups is 2. The molecule has 156 valence electrons. The first-order valence-corrected chi connectivity index (χ1v) is 9.61. The van der Waals surface area contributed by atoms with E-state index >= 15 is 0 Å². The van der Waals surface area contributed by atoms with Gasteiger partial charge in [0.2, 0.25) is 0 Å². The van der Waals surface area contributed by atoms with Crippen LogP contribution in [-0.2, 0) is 4.79 Å². The highest BCUT2D eigenvalue weighted by molar-refractivity contribution is 5.95. The van der Waals surface area contributed by atoms with Crippen LogP contribution in [0.25, 0.3) is 0 Å². The van der Waals surface area contributed by atoms with Gasteiger partial charge < -0.3 is 25.4 Å². The summed E-state index contributed by atoms with van der Waals surface area (Å²) >= 11 is 0. The van der Waals surface area contributed by atoms with E-state index in [-0.39, 0.29) is 42.9 Å². The lowest BCUT2D eigenvalue weighted by molar-refractivity contribution is -0.123. The molecule has 3 rings (SSSR count). The Kier molecular flexibility index (Phi) is 7.95. The number of benzene rings is 1. The van der Waals surface area contributed by atoms with Crippen molar-refractivity contribution in [1.82, 2.24) is 16.0 Å². The molecule has 2 saturated heterocycles. The maximum absolute atomic E-state index is 12.6. The molecule has 1 aromatic rings. The number of methoxy groups -OCH3 is 1. The van der Waals surface area contributed by atoms with Crippen LogP contribution in [0.2, 0.25) is 0 Å². The Morgan fingerprint density at radius 3 is 2.46 bits per heavy atom. The van der Waals surface area contributed by atoms with Crippen LogP contribution in [0.4, 0.5) is 0 Å². The second-order valence-electron chi connectivity index (χ2n) is 7.66. The van der Waals surface area contributed by atoms with Crippen LogP contribution in [0.1, 0.15) is 49.9 Å². The minimum absolute atomic E-state index is 0. The van der Waals surface area contributed by atoms with Crippen LogP contribution in [0.5, 0.6) is 11.5 Å². The maximum atomic E-state index is 12.6. The van der Waals surface area contributed by atoms with Gasteiger partial charge in [-0.05, 0) is 57.7 Å². The van der Waals surface area contributed by atoms with E-state index in [0.29, 0.717) is 29.1 Å². The molecule has 2 unspecified atom stereocenters. The molecule has 2 amide bonds. The fraction of sp³-hybridized carbons (Fsp3) is 0.600. The van der Waals surface area contributed by atoms with Gasteiger partial charge in [-0.1, -0.05) is 0 Å². The zero-order valence-electron chi connectivity index (χ0n) is 16.6. The average molecular weight is 412 g/mol. The SMILES string of the molecule is COc1cc(C(=O)NC2CC3CCC(C2)N3)ccc1OCC(=O)NC(C)C.Cl. The number of nitrogens with one attached hydrogen (secondary N) is 3. The molecule has 2 aliphatic heterocycles. The highest BCUT2D eigenvalue weighted by Gasteiger charge is 2.34. The Morgan fingerprint density at radius 2 is 1.86 bits per heavy atom. The first-order chi connectivity index (χ1) is 12.9. The van der Waals surface area contributed by atoms with E-state index in [1.807, 2.05) is 13.8 Å². The highest BCUT2D eigenvalue weighted by Crippen LogP contribution is 2.29. The van der Waals surface area contributed by atoms with Crippen molar-refractivity contribution in [3.63, 3.8) is 0 Å². The molecule has 2 bridgehead atoms. The third kappa shape index (κ3) is 5.75. The Morgan fingerprint density at radius 1 is 1.18 bits per heavy atom. The summed E-state index contributed by atoms with van der Waals surface area (Å²) in [6.45, 7) is 3.68. The van der Waals surface area contributed by atoms with E-state index in [1.54, 1.807) is 18.2 Å². The van der Waals surface area contributed by atoms with Crippen LogP contribution in [0.15, 0.2) is 18.2 Å². The van der Waals surface area contributed by atoms with E-state index in [4.69, 9.17) is 9.47 Å². The molecule has 8 heteroatoms. The molecular weight excluding hydrogens is 382 g/mol. The van der Waals surface area contributed by atoms with E-state index in [9.17, 15) is 9.59 Å². The lowest BCUT2D eigenvalue weighted by Gasteiger charge is -2.29. The molecule has 0 aliphatic carbocycles. The van der Waals surface area contributed by atoms with Crippen molar-refractivity contribution in [2.75, 3.05) is 13.7 Å². The molecule has 2 fully saturated rings. The number of carbonyl (C=O) groups excluding carboxylic acids is 2. The Balaban J connectivity index is 0.00000280. The van der Waals surface area contributed by atoms with Crippen LogP contribution in [0, 0.1) is 0 Å². The third-order valence-electron chi connectivity index (χ3n) is 5.04. The largest absolute Gasteiger partial charge is 0.493 e. The van der Waals surface area contributed by atoms with Gasteiger partial charge in [0, 0.05) is 29.7 Å². The number of halogens is 1. The Hall–Kier alpha value is -1.99. The van der Waals surface area contributed by atoms with Crippen molar-refractivity contribution >= 4 is 24.2 Å². The van der Waals surface area contributed by atoms with E-state index in [2.05, 4.69) is 16.0 Å². The number of rotatable bonds is 7. The fourth-order valence-electron chi connectivity index (χ4n) is 3.88. The zero-order valence-corrected chi connectivity index (χ0v) is 17.4. The van der Waals surface area contributed by atoms with Gasteiger partial charge in [0.15, 0.2) is 18.1 Å². The van der Waals surface area contributed by atoms with Crippen molar-refractivity contribution in [2.45, 2.75) is 63.7 Å². The number of hydrogen-bond acceptors (Lipinski definition) is 5. The number of hydrogen-bond donors (Lipinski definition) is 3. The van der Waals surface area contributed by atoms with Crippen LogP contribution < -0.4 is 25.4 Å². The van der Waals surface area contributed by atoms with Gasteiger partial charge in [-0.15, -0.1) is 12.4 Å². The zero-order chi connectivity index (χ0) is 19.4. The topological polar surface area (TPSA) is 88.7 Å². The van der Waals surface area contributed by atoms with Crippen LogP contribution in [0.3, 0.4) is 0 Å². The Labute approximate surface area is 172 Å². The predicted octanol–water partition coefficient (Wildman–Crippen LogP) is 2.03. The van der Waals surface area contributed by atoms with Gasteiger partial charge in [0.25, 0.3) is 11.8 Å². The van der Waals surface area contributed by atoms with Gasteiger partial charge >= 0.3 is 0 Å².